The molecule has 0 aromatic carbocycles. The number of nitrogens with zero attached hydrogens (tertiary/aromatic N) is 2. The van der Waals surface area contributed by atoms with Crippen LogP contribution in [0.1, 0.15) is 18.4 Å². The summed E-state index contributed by atoms with van der Waals surface area (Å²) in [5, 5.41) is 0. The van der Waals surface area contributed by atoms with Crippen molar-refractivity contribution in [1.29, 1.82) is 0 Å². The van der Waals surface area contributed by atoms with E-state index in [4.69, 9.17) is 0 Å². The first-order valence-corrected chi connectivity index (χ1v) is 5.46. The molecule has 0 saturated heterocycles. The zero-order valence-corrected chi connectivity index (χ0v) is 8.82. The van der Waals surface area contributed by atoms with Gasteiger partial charge in [0.25, 0.3) is 0 Å². The third-order valence-electron chi connectivity index (χ3n) is 1.99. The van der Waals surface area contributed by atoms with Crippen LogP contribution < -0.4 is 0 Å². The lowest BCUT2D eigenvalue weighted by atomic mass is 10.4. The predicted octanol–water partition coefficient (Wildman–Crippen LogP) is 2.02. The second-order valence-electron chi connectivity index (χ2n) is 2.82. The van der Waals surface area contributed by atoms with Gasteiger partial charge in [0, 0.05) is 31.1 Å². The van der Waals surface area contributed by atoms with Crippen LogP contribution in [0.4, 0.5) is 0 Å². The Morgan fingerprint density at radius 3 is 2.83 bits per heavy atom. The average Bonchev–Trinajstić information content (AvgIpc) is 2.36. The van der Waals surface area contributed by atoms with Gasteiger partial charge in [-0.25, -0.2) is 4.98 Å². The van der Waals surface area contributed by atoms with E-state index in [-0.39, 0.29) is 0 Å². The zero-order chi connectivity index (χ0) is 8.97. The Balaban J connectivity index is 2.46. The molecular weight excluding hydrogens is 168 g/mol. The van der Waals surface area contributed by atoms with Crippen molar-refractivity contribution in [3.63, 3.8) is 0 Å². The Labute approximate surface area is 78.4 Å². The van der Waals surface area contributed by atoms with Crippen LogP contribution >= 0.6 is 11.8 Å². The first-order valence-electron chi connectivity index (χ1n) is 4.30. The van der Waals surface area contributed by atoms with E-state index in [1.165, 1.54) is 23.0 Å². The molecule has 68 valence electrons. The van der Waals surface area contributed by atoms with Crippen molar-refractivity contribution < 1.29 is 0 Å². The van der Waals surface area contributed by atoms with E-state index in [1.807, 2.05) is 18.0 Å². The molecule has 1 aromatic rings. The van der Waals surface area contributed by atoms with Crippen LogP contribution in [-0.2, 0) is 13.5 Å². The molecule has 0 aliphatic carbocycles. The van der Waals surface area contributed by atoms with Crippen molar-refractivity contribution in [3.05, 3.63) is 17.7 Å². The molecule has 0 atom stereocenters. The summed E-state index contributed by atoms with van der Waals surface area (Å²) in [7, 11) is 2.08. The fourth-order valence-corrected chi connectivity index (χ4v) is 1.70. The molecule has 1 rings (SSSR count). The minimum Gasteiger partial charge on any atom is -0.335 e. The molecular formula is C9H16N2S. The summed E-state index contributed by atoms with van der Waals surface area (Å²) < 4.78 is 2.16. The Kier molecular flexibility index (Phi) is 3.66. The van der Waals surface area contributed by atoms with Gasteiger partial charge in [-0.15, -0.1) is 0 Å². The van der Waals surface area contributed by atoms with Crippen molar-refractivity contribution in [1.82, 2.24) is 9.55 Å². The van der Waals surface area contributed by atoms with E-state index >= 15 is 0 Å². The van der Waals surface area contributed by atoms with Crippen LogP contribution in [0.2, 0.25) is 0 Å². The quantitative estimate of drug-likeness (QED) is 0.666. The molecule has 0 aliphatic rings. The molecule has 0 unspecified atom stereocenters. The lowest BCUT2D eigenvalue weighted by Crippen LogP contribution is -2.01. The highest BCUT2D eigenvalue weighted by molar-refractivity contribution is 7.99. The van der Waals surface area contributed by atoms with Gasteiger partial charge in [-0.05, 0) is 12.7 Å². The zero-order valence-electron chi connectivity index (χ0n) is 8.00. The minimum absolute atomic E-state index is 1.09. The maximum absolute atomic E-state index is 4.34. The molecule has 0 aliphatic heterocycles. The Hall–Kier alpha value is -0.440. The molecule has 0 bridgehead atoms. The van der Waals surface area contributed by atoms with Gasteiger partial charge in [0.15, 0.2) is 0 Å². The second-order valence-corrected chi connectivity index (χ2v) is 4.22. The van der Waals surface area contributed by atoms with E-state index < -0.39 is 0 Å². The maximum atomic E-state index is 4.34. The monoisotopic (exact) mass is 184 g/mol. The molecule has 0 amide bonds. The highest BCUT2D eigenvalue weighted by Gasteiger charge is 2.01. The van der Waals surface area contributed by atoms with Gasteiger partial charge < -0.3 is 4.57 Å². The summed E-state index contributed by atoms with van der Waals surface area (Å²) in [5.74, 6) is 3.58. The molecule has 1 aromatic heterocycles. The molecule has 2 nitrogen and oxygen atoms in total. The number of aromatic nitrogens is 2. The van der Waals surface area contributed by atoms with Crippen LogP contribution in [0.15, 0.2) is 6.20 Å². The molecule has 0 N–H and O–H groups in total. The highest BCUT2D eigenvalue weighted by atomic mass is 32.2. The van der Waals surface area contributed by atoms with Crippen LogP contribution in [0.5, 0.6) is 0 Å². The first-order chi connectivity index (χ1) is 5.75. The van der Waals surface area contributed by atoms with Crippen LogP contribution in [-0.4, -0.2) is 21.1 Å². The van der Waals surface area contributed by atoms with Crippen molar-refractivity contribution in [2.75, 3.05) is 11.5 Å². The third-order valence-corrected chi connectivity index (χ3v) is 2.89. The predicted molar refractivity (Wildman–Crippen MR) is 54.6 cm³/mol. The second kappa shape index (κ2) is 4.55. The smallest absolute Gasteiger partial charge is 0.109 e. The SMILES string of the molecule is CCSCCc1ncc(C)n1C. The number of thioether (sulfide) groups is 1. The van der Waals surface area contributed by atoms with Crippen LogP contribution in [0.3, 0.4) is 0 Å². The van der Waals surface area contributed by atoms with E-state index in [0.29, 0.717) is 0 Å². The molecule has 0 fully saturated rings. The lowest BCUT2D eigenvalue weighted by molar-refractivity contribution is 0.789. The highest BCUT2D eigenvalue weighted by Crippen LogP contribution is 2.06. The van der Waals surface area contributed by atoms with E-state index in [9.17, 15) is 0 Å². The van der Waals surface area contributed by atoms with Gasteiger partial charge in [0.1, 0.15) is 5.82 Å². The van der Waals surface area contributed by atoms with Gasteiger partial charge in [0.05, 0.1) is 0 Å². The van der Waals surface area contributed by atoms with Gasteiger partial charge in [0.2, 0.25) is 0 Å². The average molecular weight is 184 g/mol. The fourth-order valence-electron chi connectivity index (χ4n) is 1.08. The lowest BCUT2D eigenvalue weighted by Gasteiger charge is -2.01. The first kappa shape index (κ1) is 9.65. The summed E-state index contributed by atoms with van der Waals surface area (Å²) in [5.41, 5.74) is 1.24. The third kappa shape index (κ3) is 2.27. The maximum Gasteiger partial charge on any atom is 0.109 e. The van der Waals surface area contributed by atoms with Crippen molar-refractivity contribution in [2.24, 2.45) is 7.05 Å². The van der Waals surface area contributed by atoms with E-state index in [0.717, 1.165) is 6.42 Å². The van der Waals surface area contributed by atoms with Crippen LogP contribution in [0, 0.1) is 6.92 Å². The van der Waals surface area contributed by atoms with E-state index in [2.05, 4.69) is 30.4 Å². The van der Waals surface area contributed by atoms with Crippen LogP contribution in [0.25, 0.3) is 0 Å². The summed E-state index contributed by atoms with van der Waals surface area (Å²) >= 11 is 1.97. The molecule has 0 radical (unpaired) electrons. The number of hydrogen-bond acceptors (Lipinski definition) is 2. The number of rotatable bonds is 4. The molecule has 3 heteroatoms. The summed E-state index contributed by atoms with van der Waals surface area (Å²) in [4.78, 5) is 4.34. The van der Waals surface area contributed by atoms with Crippen molar-refractivity contribution in [3.8, 4) is 0 Å². The summed E-state index contributed by atoms with van der Waals surface area (Å²) in [6.45, 7) is 4.28. The van der Waals surface area contributed by atoms with Gasteiger partial charge in [-0.2, -0.15) is 11.8 Å². The molecule has 0 spiro atoms. The van der Waals surface area contributed by atoms with Gasteiger partial charge >= 0.3 is 0 Å². The number of imidazole rings is 1. The number of hydrogen-bond donors (Lipinski definition) is 0. The Morgan fingerprint density at radius 1 is 1.58 bits per heavy atom. The summed E-state index contributed by atoms with van der Waals surface area (Å²) in [6.07, 6.45) is 3.02. The minimum atomic E-state index is 1.09. The van der Waals surface area contributed by atoms with Gasteiger partial charge in [-0.3, -0.25) is 0 Å². The molecule has 12 heavy (non-hydrogen) atoms. The Morgan fingerprint density at radius 2 is 2.33 bits per heavy atom. The fraction of sp³-hybridized carbons (Fsp3) is 0.667. The largest absolute Gasteiger partial charge is 0.335 e. The van der Waals surface area contributed by atoms with E-state index in [1.54, 1.807) is 0 Å². The molecule has 1 heterocycles. The topological polar surface area (TPSA) is 17.8 Å². The standard InChI is InChI=1S/C9H16N2S/c1-4-12-6-5-9-10-7-8(2)11(9)3/h7H,4-6H2,1-3H3. The van der Waals surface area contributed by atoms with Crippen molar-refractivity contribution >= 4 is 11.8 Å². The Bertz CT molecular complexity index is 243. The normalized spacial score (nSPS) is 10.6. The molecule has 0 saturated carbocycles. The van der Waals surface area contributed by atoms with Crippen molar-refractivity contribution in [2.45, 2.75) is 20.3 Å². The van der Waals surface area contributed by atoms with Gasteiger partial charge in [-0.1, -0.05) is 6.92 Å². The number of aryl methyl sites for hydroxylation is 2. The summed E-state index contributed by atoms with van der Waals surface area (Å²) in [6, 6.07) is 0.